The van der Waals surface area contributed by atoms with Crippen LogP contribution in [0.25, 0.3) is 0 Å². The molecule has 2 N–H and O–H groups in total. The summed E-state index contributed by atoms with van der Waals surface area (Å²) in [4.78, 5) is 16.0. The molecule has 0 fully saturated rings. The molecule has 1 unspecified atom stereocenters. The number of esters is 1. The molecule has 1 aromatic carbocycles. The van der Waals surface area contributed by atoms with Gasteiger partial charge in [-0.1, -0.05) is 6.07 Å². The Bertz CT molecular complexity index is 626. The standard InChI is InChI=1S/C21H35N3O4.HI/c1-6-22-21(23-14-10-11-20(25)28-9-4)24-16(5)17-12-13-18(26-7-2)19(15-17)27-8-3;/h12-13,15-16H,6-11,14H2,1-5H3,(H2,22,23,24);1H. The second-order valence-electron chi connectivity index (χ2n) is 6.11. The third-order valence-corrected chi connectivity index (χ3v) is 3.88. The van der Waals surface area contributed by atoms with Crippen LogP contribution >= 0.6 is 24.0 Å². The number of halogens is 1. The second-order valence-corrected chi connectivity index (χ2v) is 6.11. The minimum Gasteiger partial charge on any atom is -0.490 e. The van der Waals surface area contributed by atoms with Gasteiger partial charge in [0, 0.05) is 19.5 Å². The van der Waals surface area contributed by atoms with Crippen molar-refractivity contribution in [3.63, 3.8) is 0 Å². The Labute approximate surface area is 192 Å². The maximum Gasteiger partial charge on any atom is 0.305 e. The summed E-state index contributed by atoms with van der Waals surface area (Å²) in [6.07, 6.45) is 1.03. The Morgan fingerprint density at radius 3 is 2.38 bits per heavy atom. The SMILES string of the molecule is CCNC(=NCCCC(=O)OCC)NC(C)c1ccc(OCC)c(OCC)c1.I. The van der Waals surface area contributed by atoms with Gasteiger partial charge in [0.1, 0.15) is 0 Å². The number of carbonyl (C=O) groups is 1. The maximum atomic E-state index is 11.4. The number of nitrogens with zero attached hydrogens (tertiary/aromatic N) is 1. The summed E-state index contributed by atoms with van der Waals surface area (Å²) in [7, 11) is 0. The molecule has 0 bridgehead atoms. The Morgan fingerprint density at radius 1 is 1.07 bits per heavy atom. The number of nitrogens with one attached hydrogen (secondary N) is 2. The van der Waals surface area contributed by atoms with E-state index in [0.717, 1.165) is 23.6 Å². The van der Waals surface area contributed by atoms with E-state index >= 15 is 0 Å². The van der Waals surface area contributed by atoms with Crippen LogP contribution in [0.15, 0.2) is 23.2 Å². The summed E-state index contributed by atoms with van der Waals surface area (Å²) in [6, 6.07) is 5.98. The Hall–Kier alpha value is -1.71. The summed E-state index contributed by atoms with van der Waals surface area (Å²) in [5, 5.41) is 6.63. The predicted octanol–water partition coefficient (Wildman–Crippen LogP) is 4.06. The highest BCUT2D eigenvalue weighted by Crippen LogP contribution is 2.30. The molecular weight excluding hydrogens is 485 g/mol. The second kappa shape index (κ2) is 16.1. The first-order chi connectivity index (χ1) is 13.5. The van der Waals surface area contributed by atoms with Crippen LogP contribution < -0.4 is 20.1 Å². The monoisotopic (exact) mass is 521 g/mol. The lowest BCUT2D eigenvalue weighted by Gasteiger charge is -2.20. The Balaban J connectivity index is 0.00000784. The highest BCUT2D eigenvalue weighted by atomic mass is 127. The van der Waals surface area contributed by atoms with Crippen LogP contribution in [0.2, 0.25) is 0 Å². The number of guanidine groups is 1. The van der Waals surface area contributed by atoms with Gasteiger partial charge in [-0.25, -0.2) is 0 Å². The lowest BCUT2D eigenvalue weighted by molar-refractivity contribution is -0.143. The van der Waals surface area contributed by atoms with Crippen LogP contribution in [0, 0.1) is 0 Å². The molecule has 0 radical (unpaired) electrons. The quantitative estimate of drug-likeness (QED) is 0.142. The highest BCUT2D eigenvalue weighted by Gasteiger charge is 2.12. The van der Waals surface area contributed by atoms with E-state index in [1.165, 1.54) is 0 Å². The van der Waals surface area contributed by atoms with Gasteiger partial charge in [0.05, 0.1) is 25.9 Å². The molecule has 29 heavy (non-hydrogen) atoms. The van der Waals surface area contributed by atoms with Crippen LogP contribution in [-0.2, 0) is 9.53 Å². The summed E-state index contributed by atoms with van der Waals surface area (Å²) < 4.78 is 16.3. The Morgan fingerprint density at radius 2 is 1.76 bits per heavy atom. The molecule has 7 nitrogen and oxygen atoms in total. The van der Waals surface area contributed by atoms with Crippen LogP contribution in [0.4, 0.5) is 0 Å². The zero-order chi connectivity index (χ0) is 20.8. The fourth-order valence-corrected chi connectivity index (χ4v) is 2.59. The third kappa shape index (κ3) is 10.6. The first kappa shape index (κ1) is 27.3. The van der Waals surface area contributed by atoms with Gasteiger partial charge in [0.25, 0.3) is 0 Å². The molecular formula is C21H36IN3O4. The van der Waals surface area contributed by atoms with Crippen molar-refractivity contribution in [2.75, 3.05) is 32.9 Å². The van der Waals surface area contributed by atoms with E-state index in [4.69, 9.17) is 14.2 Å². The van der Waals surface area contributed by atoms with Gasteiger partial charge in [-0.15, -0.1) is 24.0 Å². The smallest absolute Gasteiger partial charge is 0.305 e. The minimum atomic E-state index is -0.179. The Kier molecular flexibility index (Phi) is 15.2. The van der Waals surface area contributed by atoms with E-state index in [1.54, 1.807) is 0 Å². The predicted molar refractivity (Wildman–Crippen MR) is 128 cm³/mol. The van der Waals surface area contributed by atoms with Crippen molar-refractivity contribution in [2.45, 2.75) is 53.5 Å². The van der Waals surface area contributed by atoms with Crippen molar-refractivity contribution in [1.82, 2.24) is 10.6 Å². The van der Waals surface area contributed by atoms with Crippen molar-refractivity contribution >= 4 is 35.9 Å². The maximum absolute atomic E-state index is 11.4. The molecule has 0 heterocycles. The zero-order valence-corrected chi connectivity index (χ0v) is 20.6. The molecule has 0 spiro atoms. The van der Waals surface area contributed by atoms with Gasteiger partial charge < -0.3 is 24.8 Å². The molecule has 0 aliphatic rings. The van der Waals surface area contributed by atoms with Crippen molar-refractivity contribution < 1.29 is 19.0 Å². The van der Waals surface area contributed by atoms with Crippen molar-refractivity contribution in [3.8, 4) is 11.5 Å². The number of aliphatic imine (C=N–C) groups is 1. The molecule has 0 saturated carbocycles. The van der Waals surface area contributed by atoms with Gasteiger partial charge in [0.15, 0.2) is 17.5 Å². The first-order valence-corrected chi connectivity index (χ1v) is 10.2. The molecule has 1 rings (SSSR count). The van der Waals surface area contributed by atoms with E-state index in [0.29, 0.717) is 45.2 Å². The van der Waals surface area contributed by atoms with Gasteiger partial charge >= 0.3 is 5.97 Å². The van der Waals surface area contributed by atoms with Crippen molar-refractivity contribution in [2.24, 2.45) is 4.99 Å². The zero-order valence-electron chi connectivity index (χ0n) is 18.2. The van der Waals surface area contributed by atoms with Crippen molar-refractivity contribution in [3.05, 3.63) is 23.8 Å². The average Bonchev–Trinajstić information content (AvgIpc) is 2.67. The van der Waals surface area contributed by atoms with E-state index in [2.05, 4.69) is 22.5 Å². The largest absolute Gasteiger partial charge is 0.490 e. The normalized spacial score (nSPS) is 11.8. The number of hydrogen-bond acceptors (Lipinski definition) is 5. The molecule has 8 heteroatoms. The van der Waals surface area contributed by atoms with E-state index in [-0.39, 0.29) is 36.0 Å². The molecule has 0 saturated heterocycles. The fourth-order valence-electron chi connectivity index (χ4n) is 2.59. The van der Waals surface area contributed by atoms with Crippen molar-refractivity contribution in [1.29, 1.82) is 0 Å². The summed E-state index contributed by atoms with van der Waals surface area (Å²) in [5.41, 5.74) is 1.07. The highest BCUT2D eigenvalue weighted by molar-refractivity contribution is 14.0. The van der Waals surface area contributed by atoms with Crippen LogP contribution in [0.5, 0.6) is 11.5 Å². The summed E-state index contributed by atoms with van der Waals surface area (Å²) in [5.74, 6) is 2.03. The molecule has 166 valence electrons. The number of ether oxygens (including phenoxy) is 3. The number of carbonyl (C=O) groups excluding carboxylic acids is 1. The van der Waals surface area contributed by atoms with Crippen LogP contribution in [0.3, 0.4) is 0 Å². The van der Waals surface area contributed by atoms with E-state index < -0.39 is 0 Å². The third-order valence-electron chi connectivity index (χ3n) is 3.88. The average molecular weight is 521 g/mol. The molecule has 0 amide bonds. The molecule has 0 aromatic heterocycles. The lowest BCUT2D eigenvalue weighted by atomic mass is 10.1. The minimum absolute atomic E-state index is 0. The van der Waals surface area contributed by atoms with Gasteiger partial charge in [-0.05, 0) is 58.7 Å². The summed E-state index contributed by atoms with van der Waals surface area (Å²) >= 11 is 0. The van der Waals surface area contributed by atoms with Gasteiger partial charge in [0.2, 0.25) is 0 Å². The number of benzene rings is 1. The fraction of sp³-hybridized carbons (Fsp3) is 0.619. The van der Waals surface area contributed by atoms with Gasteiger partial charge in [-0.3, -0.25) is 9.79 Å². The molecule has 1 atom stereocenters. The molecule has 0 aliphatic carbocycles. The first-order valence-electron chi connectivity index (χ1n) is 10.2. The number of hydrogen-bond donors (Lipinski definition) is 2. The van der Waals surface area contributed by atoms with Crippen LogP contribution in [0.1, 0.15) is 59.1 Å². The lowest BCUT2D eigenvalue weighted by Crippen LogP contribution is -2.38. The molecule has 1 aromatic rings. The van der Waals surface area contributed by atoms with E-state index in [1.807, 2.05) is 45.9 Å². The topological polar surface area (TPSA) is 81.2 Å². The van der Waals surface area contributed by atoms with Gasteiger partial charge in [-0.2, -0.15) is 0 Å². The van der Waals surface area contributed by atoms with E-state index in [9.17, 15) is 4.79 Å². The molecule has 0 aliphatic heterocycles. The number of rotatable bonds is 12. The summed E-state index contributed by atoms with van der Waals surface area (Å²) in [6.45, 7) is 12.7. The van der Waals surface area contributed by atoms with Crippen LogP contribution in [-0.4, -0.2) is 44.8 Å².